The third-order valence-corrected chi connectivity index (χ3v) is 2.20. The molecule has 2 aromatic rings. The average molecular weight is 216 g/mol. The monoisotopic (exact) mass is 216 g/mol. The van der Waals surface area contributed by atoms with Crippen LogP contribution in [-0.4, -0.2) is 10.9 Å². The van der Waals surface area contributed by atoms with E-state index in [0.29, 0.717) is 11.1 Å². The number of aromatic nitrogens is 1. The summed E-state index contributed by atoms with van der Waals surface area (Å²) in [5.74, 6) is -0.970. The lowest BCUT2D eigenvalue weighted by molar-refractivity contribution is 0.0995. The highest BCUT2D eigenvalue weighted by atomic mass is 19.1. The molecule has 0 fully saturated rings. The standard InChI is InChI=1S/C12H9FN2O/c13-10-4-2-1-3-9(10)8-5-6-15-11(7-8)12(14)16/h1-7H,(H2,14,16). The first-order valence-electron chi connectivity index (χ1n) is 4.69. The van der Waals surface area contributed by atoms with Crippen LogP contribution in [0, 0.1) is 5.82 Å². The fourth-order valence-corrected chi connectivity index (χ4v) is 1.43. The Labute approximate surface area is 91.7 Å². The summed E-state index contributed by atoms with van der Waals surface area (Å²) >= 11 is 0. The van der Waals surface area contributed by atoms with Gasteiger partial charge in [0, 0.05) is 11.8 Å². The fourth-order valence-electron chi connectivity index (χ4n) is 1.43. The molecule has 0 aliphatic heterocycles. The summed E-state index contributed by atoms with van der Waals surface area (Å²) in [6, 6.07) is 9.43. The molecule has 0 unspecified atom stereocenters. The Kier molecular flexibility index (Phi) is 2.64. The molecule has 1 amide bonds. The van der Waals surface area contributed by atoms with Crippen molar-refractivity contribution in [1.29, 1.82) is 0 Å². The highest BCUT2D eigenvalue weighted by Gasteiger charge is 2.07. The molecule has 3 nitrogen and oxygen atoms in total. The Morgan fingerprint density at radius 2 is 2.00 bits per heavy atom. The summed E-state index contributed by atoms with van der Waals surface area (Å²) in [4.78, 5) is 14.7. The zero-order valence-electron chi connectivity index (χ0n) is 8.35. The van der Waals surface area contributed by atoms with E-state index in [-0.39, 0.29) is 11.5 Å². The first-order valence-corrected chi connectivity index (χ1v) is 4.69. The van der Waals surface area contributed by atoms with Crippen LogP contribution in [-0.2, 0) is 0 Å². The largest absolute Gasteiger partial charge is 0.364 e. The highest BCUT2D eigenvalue weighted by molar-refractivity contribution is 5.92. The van der Waals surface area contributed by atoms with Crippen LogP contribution in [0.4, 0.5) is 4.39 Å². The predicted molar refractivity (Wildman–Crippen MR) is 58.1 cm³/mol. The van der Waals surface area contributed by atoms with Gasteiger partial charge >= 0.3 is 0 Å². The number of carbonyl (C=O) groups excluding carboxylic acids is 1. The lowest BCUT2D eigenvalue weighted by Crippen LogP contribution is -2.12. The normalized spacial score (nSPS) is 10.1. The van der Waals surface area contributed by atoms with Gasteiger partial charge in [-0.3, -0.25) is 9.78 Å². The van der Waals surface area contributed by atoms with E-state index in [4.69, 9.17) is 5.73 Å². The van der Waals surface area contributed by atoms with E-state index in [1.165, 1.54) is 18.3 Å². The van der Waals surface area contributed by atoms with Gasteiger partial charge in [-0.25, -0.2) is 4.39 Å². The summed E-state index contributed by atoms with van der Waals surface area (Å²) in [5.41, 5.74) is 6.24. The minimum atomic E-state index is -0.627. The van der Waals surface area contributed by atoms with Gasteiger partial charge in [-0.15, -0.1) is 0 Å². The zero-order chi connectivity index (χ0) is 11.5. The fraction of sp³-hybridized carbons (Fsp3) is 0. The molecule has 1 aromatic heterocycles. The molecule has 0 bridgehead atoms. The Balaban J connectivity index is 2.53. The maximum atomic E-state index is 13.5. The Hall–Kier alpha value is -2.23. The van der Waals surface area contributed by atoms with Crippen LogP contribution in [0.15, 0.2) is 42.6 Å². The van der Waals surface area contributed by atoms with Crippen LogP contribution >= 0.6 is 0 Å². The second kappa shape index (κ2) is 4.10. The molecule has 2 rings (SSSR count). The zero-order valence-corrected chi connectivity index (χ0v) is 8.35. The molecule has 0 spiro atoms. The topological polar surface area (TPSA) is 56.0 Å². The van der Waals surface area contributed by atoms with Crippen LogP contribution in [0.5, 0.6) is 0 Å². The van der Waals surface area contributed by atoms with Crippen LogP contribution < -0.4 is 5.73 Å². The molecular formula is C12H9FN2O. The van der Waals surface area contributed by atoms with Crippen molar-refractivity contribution in [2.24, 2.45) is 5.73 Å². The molecular weight excluding hydrogens is 207 g/mol. The van der Waals surface area contributed by atoms with Gasteiger partial charge in [-0.1, -0.05) is 18.2 Å². The number of carbonyl (C=O) groups is 1. The van der Waals surface area contributed by atoms with Gasteiger partial charge in [0.25, 0.3) is 5.91 Å². The van der Waals surface area contributed by atoms with Crippen LogP contribution in [0.1, 0.15) is 10.5 Å². The first-order chi connectivity index (χ1) is 7.68. The van der Waals surface area contributed by atoms with Crippen LogP contribution in [0.3, 0.4) is 0 Å². The number of nitrogens with two attached hydrogens (primary N) is 1. The van der Waals surface area contributed by atoms with Gasteiger partial charge in [-0.2, -0.15) is 0 Å². The number of amides is 1. The first kappa shape index (κ1) is 10.3. The molecule has 4 heteroatoms. The van der Waals surface area contributed by atoms with Crippen molar-refractivity contribution in [2.45, 2.75) is 0 Å². The van der Waals surface area contributed by atoms with Crippen molar-refractivity contribution in [3.63, 3.8) is 0 Å². The second-order valence-corrected chi connectivity index (χ2v) is 3.27. The highest BCUT2D eigenvalue weighted by Crippen LogP contribution is 2.22. The third kappa shape index (κ3) is 1.91. The van der Waals surface area contributed by atoms with E-state index in [0.717, 1.165) is 0 Å². The predicted octanol–water partition coefficient (Wildman–Crippen LogP) is 1.99. The minimum Gasteiger partial charge on any atom is -0.364 e. The van der Waals surface area contributed by atoms with Crippen molar-refractivity contribution in [3.05, 3.63) is 54.1 Å². The third-order valence-electron chi connectivity index (χ3n) is 2.20. The summed E-state index contributed by atoms with van der Waals surface area (Å²) in [6.45, 7) is 0. The maximum Gasteiger partial charge on any atom is 0.267 e. The van der Waals surface area contributed by atoms with E-state index < -0.39 is 5.91 Å². The van der Waals surface area contributed by atoms with E-state index in [1.54, 1.807) is 24.3 Å². The van der Waals surface area contributed by atoms with E-state index >= 15 is 0 Å². The van der Waals surface area contributed by atoms with Gasteiger partial charge in [-0.05, 0) is 23.8 Å². The summed E-state index contributed by atoms with van der Waals surface area (Å²) in [6.07, 6.45) is 1.43. The van der Waals surface area contributed by atoms with Gasteiger partial charge in [0.05, 0.1) is 0 Å². The molecule has 0 aliphatic carbocycles. The molecule has 0 saturated heterocycles. The Bertz CT molecular complexity index is 540. The number of hydrogen-bond acceptors (Lipinski definition) is 2. The molecule has 2 N–H and O–H groups in total. The molecule has 0 aliphatic rings. The molecule has 0 radical (unpaired) electrons. The summed E-state index contributed by atoms with van der Waals surface area (Å²) in [5, 5.41) is 0. The van der Waals surface area contributed by atoms with Gasteiger partial charge in [0.15, 0.2) is 0 Å². The lowest BCUT2D eigenvalue weighted by Gasteiger charge is -2.03. The number of pyridine rings is 1. The maximum absolute atomic E-state index is 13.5. The minimum absolute atomic E-state index is 0.126. The summed E-state index contributed by atoms with van der Waals surface area (Å²) in [7, 11) is 0. The van der Waals surface area contributed by atoms with E-state index in [2.05, 4.69) is 4.98 Å². The number of hydrogen-bond donors (Lipinski definition) is 1. The molecule has 0 atom stereocenters. The number of benzene rings is 1. The smallest absolute Gasteiger partial charge is 0.267 e. The average Bonchev–Trinajstić information content (AvgIpc) is 2.30. The van der Waals surface area contributed by atoms with Gasteiger partial charge in [0.1, 0.15) is 11.5 Å². The van der Waals surface area contributed by atoms with Gasteiger partial charge in [0.2, 0.25) is 0 Å². The molecule has 1 aromatic carbocycles. The number of rotatable bonds is 2. The van der Waals surface area contributed by atoms with E-state index in [9.17, 15) is 9.18 Å². The summed E-state index contributed by atoms with van der Waals surface area (Å²) < 4.78 is 13.5. The van der Waals surface area contributed by atoms with Crippen molar-refractivity contribution in [3.8, 4) is 11.1 Å². The molecule has 1 heterocycles. The lowest BCUT2D eigenvalue weighted by atomic mass is 10.1. The van der Waals surface area contributed by atoms with Crippen molar-refractivity contribution < 1.29 is 9.18 Å². The van der Waals surface area contributed by atoms with Crippen LogP contribution in [0.2, 0.25) is 0 Å². The molecule has 80 valence electrons. The van der Waals surface area contributed by atoms with Gasteiger partial charge < -0.3 is 5.73 Å². The van der Waals surface area contributed by atoms with E-state index in [1.807, 2.05) is 0 Å². The number of nitrogens with zero attached hydrogens (tertiary/aromatic N) is 1. The number of primary amides is 1. The van der Waals surface area contributed by atoms with Crippen molar-refractivity contribution in [2.75, 3.05) is 0 Å². The molecule has 0 saturated carbocycles. The quantitative estimate of drug-likeness (QED) is 0.834. The Morgan fingerprint density at radius 3 is 2.69 bits per heavy atom. The number of halogens is 1. The SMILES string of the molecule is NC(=O)c1cc(-c2ccccc2F)ccn1. The van der Waals surface area contributed by atoms with Crippen LogP contribution in [0.25, 0.3) is 11.1 Å². The van der Waals surface area contributed by atoms with Crippen molar-refractivity contribution in [1.82, 2.24) is 4.98 Å². The molecule has 16 heavy (non-hydrogen) atoms. The second-order valence-electron chi connectivity index (χ2n) is 3.27. The van der Waals surface area contributed by atoms with Crippen molar-refractivity contribution >= 4 is 5.91 Å². The Morgan fingerprint density at radius 1 is 1.25 bits per heavy atom.